The third kappa shape index (κ3) is 2.38. The maximum absolute atomic E-state index is 9.79. The van der Waals surface area contributed by atoms with Crippen LogP contribution in [-0.4, -0.2) is 15.1 Å². The van der Waals surface area contributed by atoms with Gasteiger partial charge in [-0.05, 0) is 44.0 Å². The number of aromatic nitrogens is 2. The van der Waals surface area contributed by atoms with Crippen molar-refractivity contribution in [2.45, 2.75) is 20.8 Å². The van der Waals surface area contributed by atoms with Crippen molar-refractivity contribution in [1.29, 1.82) is 0 Å². The van der Waals surface area contributed by atoms with Crippen molar-refractivity contribution >= 4 is 23.2 Å². The van der Waals surface area contributed by atoms with Gasteiger partial charge in [0.15, 0.2) is 0 Å². The number of rotatable bonds is 2. The van der Waals surface area contributed by atoms with Gasteiger partial charge < -0.3 is 10.4 Å². The van der Waals surface area contributed by atoms with Crippen LogP contribution in [0.5, 0.6) is 5.75 Å². The average molecular weight is 264 g/mol. The quantitative estimate of drug-likeness (QED) is 0.871. The molecule has 0 aliphatic carbocycles. The lowest BCUT2D eigenvalue weighted by Crippen LogP contribution is -2.01. The molecule has 2 aromatic heterocycles. The Morgan fingerprint density at radius 2 is 1.89 bits per heavy atom. The highest BCUT2D eigenvalue weighted by atomic mass is 35.5. The van der Waals surface area contributed by atoms with Crippen molar-refractivity contribution in [2.75, 3.05) is 5.32 Å². The Labute approximate surface area is 111 Å². The largest absolute Gasteiger partial charge is 0.506 e. The zero-order chi connectivity index (χ0) is 13.3. The van der Waals surface area contributed by atoms with Crippen molar-refractivity contribution in [3.8, 4) is 5.75 Å². The fourth-order valence-corrected chi connectivity index (χ4v) is 1.74. The highest BCUT2D eigenvalue weighted by Gasteiger charge is 2.11. The first-order valence-electron chi connectivity index (χ1n) is 5.54. The Morgan fingerprint density at radius 3 is 2.50 bits per heavy atom. The molecular weight excluding hydrogens is 250 g/mol. The van der Waals surface area contributed by atoms with Crippen LogP contribution in [-0.2, 0) is 0 Å². The van der Waals surface area contributed by atoms with Gasteiger partial charge in [0.1, 0.15) is 17.4 Å². The first kappa shape index (κ1) is 12.6. The van der Waals surface area contributed by atoms with Crippen molar-refractivity contribution in [1.82, 2.24) is 9.97 Å². The number of halogens is 1. The summed E-state index contributed by atoms with van der Waals surface area (Å²) in [6, 6.07) is 3.54. The highest BCUT2D eigenvalue weighted by Crippen LogP contribution is 2.28. The van der Waals surface area contributed by atoms with Gasteiger partial charge in [-0.1, -0.05) is 11.6 Å². The molecule has 18 heavy (non-hydrogen) atoms. The van der Waals surface area contributed by atoms with Gasteiger partial charge >= 0.3 is 0 Å². The average Bonchev–Trinajstić information content (AvgIpc) is 2.36. The molecule has 0 saturated heterocycles. The van der Waals surface area contributed by atoms with Gasteiger partial charge in [0.2, 0.25) is 0 Å². The van der Waals surface area contributed by atoms with E-state index in [-0.39, 0.29) is 5.75 Å². The summed E-state index contributed by atoms with van der Waals surface area (Å²) in [6.45, 7) is 5.53. The molecule has 2 heterocycles. The van der Waals surface area contributed by atoms with Crippen molar-refractivity contribution in [3.63, 3.8) is 0 Å². The van der Waals surface area contributed by atoms with E-state index in [2.05, 4.69) is 15.3 Å². The molecule has 4 nitrogen and oxygen atoms in total. The van der Waals surface area contributed by atoms with E-state index in [0.717, 1.165) is 11.1 Å². The second kappa shape index (κ2) is 4.82. The van der Waals surface area contributed by atoms with Crippen molar-refractivity contribution in [2.24, 2.45) is 0 Å². The number of hydrogen-bond acceptors (Lipinski definition) is 4. The smallest absolute Gasteiger partial charge is 0.140 e. The number of pyridine rings is 2. The van der Waals surface area contributed by atoms with Gasteiger partial charge in [-0.3, -0.25) is 0 Å². The molecule has 0 aliphatic rings. The van der Waals surface area contributed by atoms with E-state index >= 15 is 0 Å². The Morgan fingerprint density at radius 1 is 1.17 bits per heavy atom. The van der Waals surface area contributed by atoms with E-state index in [9.17, 15) is 5.11 Å². The molecule has 2 N–H and O–H groups in total. The number of hydrogen-bond donors (Lipinski definition) is 2. The van der Waals surface area contributed by atoms with E-state index < -0.39 is 0 Å². The summed E-state index contributed by atoms with van der Waals surface area (Å²) in [5, 5.41) is 13.5. The molecule has 0 aromatic carbocycles. The van der Waals surface area contributed by atoms with Crippen molar-refractivity contribution < 1.29 is 5.11 Å². The summed E-state index contributed by atoms with van der Waals surface area (Å²) in [4.78, 5) is 8.47. The molecule has 2 aromatic rings. The summed E-state index contributed by atoms with van der Waals surface area (Å²) in [6.07, 6.45) is 1.57. The molecule has 0 atom stereocenters. The fraction of sp³-hybridized carbons (Fsp3) is 0.231. The van der Waals surface area contributed by atoms with E-state index in [0.29, 0.717) is 22.4 Å². The van der Waals surface area contributed by atoms with E-state index in [1.54, 1.807) is 25.3 Å². The molecule has 0 fully saturated rings. The maximum Gasteiger partial charge on any atom is 0.140 e. The Balaban J connectivity index is 2.38. The van der Waals surface area contributed by atoms with Crippen LogP contribution >= 0.6 is 11.6 Å². The summed E-state index contributed by atoms with van der Waals surface area (Å²) >= 11 is 5.78. The molecule has 0 radical (unpaired) electrons. The summed E-state index contributed by atoms with van der Waals surface area (Å²) in [5.74, 6) is 1.60. The third-order valence-corrected chi connectivity index (χ3v) is 3.09. The van der Waals surface area contributed by atoms with Crippen LogP contribution in [0, 0.1) is 20.8 Å². The number of aromatic hydroxyl groups is 1. The molecule has 0 amide bonds. The summed E-state index contributed by atoms with van der Waals surface area (Å²) in [7, 11) is 0. The normalized spacial score (nSPS) is 10.4. The lowest BCUT2D eigenvalue weighted by atomic mass is 10.1. The topological polar surface area (TPSA) is 58.0 Å². The molecular formula is C13H14ClN3O. The zero-order valence-corrected chi connectivity index (χ0v) is 11.2. The van der Waals surface area contributed by atoms with Crippen LogP contribution < -0.4 is 5.32 Å². The molecule has 2 rings (SSSR count). The number of aryl methyl sites for hydroxylation is 1. The highest BCUT2D eigenvalue weighted by molar-refractivity contribution is 6.30. The minimum atomic E-state index is 0.238. The van der Waals surface area contributed by atoms with Crippen LogP contribution in [0.3, 0.4) is 0 Å². The van der Waals surface area contributed by atoms with E-state index in [1.807, 2.05) is 13.8 Å². The molecule has 0 unspecified atom stereocenters. The van der Waals surface area contributed by atoms with Gasteiger partial charge in [0.25, 0.3) is 0 Å². The number of anilines is 2. The molecule has 0 spiro atoms. The first-order valence-corrected chi connectivity index (χ1v) is 5.92. The van der Waals surface area contributed by atoms with Crippen molar-refractivity contribution in [3.05, 3.63) is 40.2 Å². The Bertz CT molecular complexity index is 582. The first-order chi connectivity index (χ1) is 8.49. The number of nitrogens with one attached hydrogen (secondary N) is 1. The lowest BCUT2D eigenvalue weighted by Gasteiger charge is -2.13. The predicted octanol–water partition coefficient (Wildman–Crippen LogP) is 3.50. The predicted molar refractivity (Wildman–Crippen MR) is 72.6 cm³/mol. The minimum absolute atomic E-state index is 0.238. The minimum Gasteiger partial charge on any atom is -0.506 e. The van der Waals surface area contributed by atoms with Gasteiger partial charge in [0, 0.05) is 6.20 Å². The fourth-order valence-electron chi connectivity index (χ4n) is 1.62. The van der Waals surface area contributed by atoms with Gasteiger partial charge in [-0.2, -0.15) is 0 Å². The summed E-state index contributed by atoms with van der Waals surface area (Å²) in [5.41, 5.74) is 2.31. The number of nitrogens with zero attached hydrogens (tertiary/aromatic N) is 2. The SMILES string of the molecule is Cc1nc(Nc2ccc(Cl)cn2)c(C)c(C)c1O. The molecule has 94 valence electrons. The second-order valence-electron chi connectivity index (χ2n) is 4.13. The van der Waals surface area contributed by atoms with Gasteiger partial charge in [0.05, 0.1) is 10.7 Å². The molecule has 0 aliphatic heterocycles. The zero-order valence-electron chi connectivity index (χ0n) is 10.5. The van der Waals surface area contributed by atoms with Gasteiger partial charge in [-0.15, -0.1) is 0 Å². The molecule has 0 saturated carbocycles. The van der Waals surface area contributed by atoms with Crippen LogP contribution in [0.15, 0.2) is 18.3 Å². The van der Waals surface area contributed by atoms with Crippen LogP contribution in [0.25, 0.3) is 0 Å². The second-order valence-corrected chi connectivity index (χ2v) is 4.57. The Hall–Kier alpha value is -1.81. The van der Waals surface area contributed by atoms with E-state index in [4.69, 9.17) is 11.6 Å². The van der Waals surface area contributed by atoms with Crippen LogP contribution in [0.4, 0.5) is 11.6 Å². The summed E-state index contributed by atoms with van der Waals surface area (Å²) < 4.78 is 0. The molecule has 5 heteroatoms. The molecule has 0 bridgehead atoms. The third-order valence-electron chi connectivity index (χ3n) is 2.87. The van der Waals surface area contributed by atoms with Crippen LogP contribution in [0.2, 0.25) is 5.02 Å². The standard InChI is InChI=1S/C13H14ClN3O/c1-7-8(2)13(16-9(3)12(7)18)17-11-5-4-10(14)6-15-11/h4-6,18H,1-3H3,(H,15,16,17). The van der Waals surface area contributed by atoms with Crippen LogP contribution in [0.1, 0.15) is 16.8 Å². The van der Waals surface area contributed by atoms with E-state index in [1.165, 1.54) is 0 Å². The maximum atomic E-state index is 9.79. The monoisotopic (exact) mass is 263 g/mol. The lowest BCUT2D eigenvalue weighted by molar-refractivity contribution is 0.463. The van der Waals surface area contributed by atoms with Gasteiger partial charge in [-0.25, -0.2) is 9.97 Å². The Kier molecular flexibility index (Phi) is 3.39.